The van der Waals surface area contributed by atoms with Gasteiger partial charge in [-0.05, 0) is 50.3 Å². The predicted octanol–water partition coefficient (Wildman–Crippen LogP) is 2.83. The predicted molar refractivity (Wildman–Crippen MR) is 134 cm³/mol. The molecule has 0 saturated heterocycles. The summed E-state index contributed by atoms with van der Waals surface area (Å²) in [6, 6.07) is 8.44. The van der Waals surface area contributed by atoms with Gasteiger partial charge < -0.3 is 25.0 Å². The second-order valence-corrected chi connectivity index (χ2v) is 8.44. The molecule has 0 heterocycles. The summed E-state index contributed by atoms with van der Waals surface area (Å²) in [5.74, 6) is 1.56. The monoisotopic (exact) mass is 544 g/mol. The average molecular weight is 544 g/mol. The number of nitrogens with zero attached hydrogens (tertiary/aromatic N) is 2. The van der Waals surface area contributed by atoms with Gasteiger partial charge in [-0.3, -0.25) is 4.79 Å². The number of aliphatic imine (C=N–C) groups is 1. The first-order valence-electron chi connectivity index (χ1n) is 11.0. The van der Waals surface area contributed by atoms with E-state index in [1.165, 1.54) is 24.8 Å². The minimum Gasteiger partial charge on any atom is -0.497 e. The summed E-state index contributed by atoms with van der Waals surface area (Å²) >= 11 is 0. The number of carbonyl (C=O) groups excluding carboxylic acids is 1. The molecule has 2 aliphatic rings. The molecule has 0 bridgehead atoms. The Balaban J connectivity index is 0.00000341. The average Bonchev–Trinajstić information content (AvgIpc) is 2.69. The first-order chi connectivity index (χ1) is 14.5. The number of ether oxygens (including phenoxy) is 2. The molecule has 7 nitrogen and oxygen atoms in total. The van der Waals surface area contributed by atoms with Crippen molar-refractivity contribution in [1.82, 2.24) is 15.5 Å². The standard InChI is InChI=1S/C23H36N4O3.HI/c1-5-30-20-15-19(23(20)12-6-13-23)26-22(25-16-21(28)27(2)3)24-14-11-17-7-9-18(29-4)10-8-17;/h7-10,19-20H,5-6,11-16H2,1-4H3,(H2,24,25,26);1H. The van der Waals surface area contributed by atoms with Gasteiger partial charge >= 0.3 is 0 Å². The summed E-state index contributed by atoms with van der Waals surface area (Å²) in [6.07, 6.45) is 5.87. The zero-order chi connectivity index (χ0) is 21.6. The Bertz CT molecular complexity index is 735. The molecular formula is C23H37IN4O3. The largest absolute Gasteiger partial charge is 0.497 e. The van der Waals surface area contributed by atoms with Gasteiger partial charge in [-0.15, -0.1) is 24.0 Å². The van der Waals surface area contributed by atoms with E-state index in [1.807, 2.05) is 12.1 Å². The molecule has 0 aromatic heterocycles. The summed E-state index contributed by atoms with van der Waals surface area (Å²) in [5, 5.41) is 7.02. The van der Waals surface area contributed by atoms with Gasteiger partial charge in [0, 0.05) is 38.7 Å². The maximum Gasteiger partial charge on any atom is 0.243 e. The summed E-state index contributed by atoms with van der Waals surface area (Å²) in [5.41, 5.74) is 1.46. The van der Waals surface area contributed by atoms with Crippen molar-refractivity contribution in [3.05, 3.63) is 29.8 Å². The van der Waals surface area contributed by atoms with Gasteiger partial charge in [0.05, 0.1) is 13.2 Å². The van der Waals surface area contributed by atoms with Crippen LogP contribution in [-0.4, -0.2) is 69.8 Å². The lowest BCUT2D eigenvalue weighted by molar-refractivity contribution is -0.168. The van der Waals surface area contributed by atoms with Crippen LogP contribution in [0.15, 0.2) is 29.3 Å². The molecule has 2 N–H and O–H groups in total. The summed E-state index contributed by atoms with van der Waals surface area (Å²) in [4.78, 5) is 18.2. The fourth-order valence-electron chi connectivity index (χ4n) is 4.36. The molecule has 31 heavy (non-hydrogen) atoms. The van der Waals surface area contributed by atoms with Gasteiger partial charge in [-0.2, -0.15) is 0 Å². The SMILES string of the molecule is CCOC1CC(NC(=NCC(=O)N(C)C)NCCc2ccc(OC)cc2)C12CCC2.I. The van der Waals surface area contributed by atoms with Crippen LogP contribution in [-0.2, 0) is 16.0 Å². The second-order valence-electron chi connectivity index (χ2n) is 8.44. The third-order valence-electron chi connectivity index (χ3n) is 6.48. The first kappa shape index (κ1) is 25.7. The van der Waals surface area contributed by atoms with E-state index in [9.17, 15) is 4.79 Å². The normalized spacial score (nSPS) is 21.4. The fourth-order valence-corrected chi connectivity index (χ4v) is 4.36. The van der Waals surface area contributed by atoms with Gasteiger partial charge in [-0.1, -0.05) is 18.6 Å². The maximum atomic E-state index is 12.0. The molecule has 0 radical (unpaired) electrons. The number of amides is 1. The maximum absolute atomic E-state index is 12.0. The molecule has 2 atom stereocenters. The van der Waals surface area contributed by atoms with Crippen LogP contribution in [0.3, 0.4) is 0 Å². The summed E-state index contributed by atoms with van der Waals surface area (Å²) < 4.78 is 11.2. The Hall–Kier alpha value is -1.55. The quantitative estimate of drug-likeness (QED) is 0.284. The molecule has 3 rings (SSSR count). The number of benzene rings is 1. The second kappa shape index (κ2) is 11.9. The van der Waals surface area contributed by atoms with Crippen LogP contribution >= 0.6 is 24.0 Å². The van der Waals surface area contributed by atoms with Crippen molar-refractivity contribution >= 4 is 35.8 Å². The molecule has 174 valence electrons. The molecule has 1 aromatic rings. The number of hydrogen-bond acceptors (Lipinski definition) is 4. The van der Waals surface area contributed by atoms with Crippen LogP contribution in [0.2, 0.25) is 0 Å². The zero-order valence-electron chi connectivity index (χ0n) is 19.1. The number of carbonyl (C=O) groups is 1. The first-order valence-corrected chi connectivity index (χ1v) is 11.0. The van der Waals surface area contributed by atoms with Crippen molar-refractivity contribution in [3.63, 3.8) is 0 Å². The van der Waals surface area contributed by atoms with Crippen LogP contribution in [0.1, 0.15) is 38.2 Å². The van der Waals surface area contributed by atoms with Gasteiger partial charge in [-0.25, -0.2) is 4.99 Å². The molecule has 1 amide bonds. The summed E-state index contributed by atoms with van der Waals surface area (Å²) in [6.45, 7) is 3.70. The highest BCUT2D eigenvalue weighted by molar-refractivity contribution is 14.0. The Labute approximate surface area is 203 Å². The van der Waals surface area contributed by atoms with E-state index in [2.05, 4.69) is 34.7 Å². The summed E-state index contributed by atoms with van der Waals surface area (Å²) in [7, 11) is 5.18. The van der Waals surface area contributed by atoms with E-state index in [4.69, 9.17) is 9.47 Å². The molecule has 0 aliphatic heterocycles. The van der Waals surface area contributed by atoms with Crippen LogP contribution in [0.25, 0.3) is 0 Å². The van der Waals surface area contributed by atoms with Crippen molar-refractivity contribution < 1.29 is 14.3 Å². The Morgan fingerprint density at radius 2 is 1.97 bits per heavy atom. The lowest BCUT2D eigenvalue weighted by Gasteiger charge is -2.61. The topological polar surface area (TPSA) is 75.2 Å². The smallest absolute Gasteiger partial charge is 0.243 e. The number of methoxy groups -OCH3 is 1. The molecule has 8 heteroatoms. The van der Waals surface area contributed by atoms with Gasteiger partial charge in [0.15, 0.2) is 5.96 Å². The van der Waals surface area contributed by atoms with E-state index in [1.54, 1.807) is 26.1 Å². The minimum absolute atomic E-state index is 0. The molecule has 2 fully saturated rings. The number of halogens is 1. The van der Waals surface area contributed by atoms with E-state index in [-0.39, 0.29) is 41.8 Å². The number of hydrogen-bond donors (Lipinski definition) is 2. The van der Waals surface area contributed by atoms with Crippen LogP contribution in [0.5, 0.6) is 5.75 Å². The third kappa shape index (κ3) is 6.25. The zero-order valence-corrected chi connectivity index (χ0v) is 21.5. The molecule has 1 aromatic carbocycles. The van der Waals surface area contributed by atoms with Gasteiger partial charge in [0.2, 0.25) is 5.91 Å². The fraction of sp³-hybridized carbons (Fsp3) is 0.652. The molecule has 2 aliphatic carbocycles. The van der Waals surface area contributed by atoms with Crippen molar-refractivity contribution in [3.8, 4) is 5.75 Å². The van der Waals surface area contributed by atoms with Crippen molar-refractivity contribution in [1.29, 1.82) is 0 Å². The van der Waals surface area contributed by atoms with E-state index in [0.29, 0.717) is 18.1 Å². The molecular weight excluding hydrogens is 507 g/mol. The van der Waals surface area contributed by atoms with Gasteiger partial charge in [0.25, 0.3) is 0 Å². The highest BCUT2D eigenvalue weighted by atomic mass is 127. The van der Waals surface area contributed by atoms with E-state index >= 15 is 0 Å². The number of nitrogens with one attached hydrogen (secondary N) is 2. The van der Waals surface area contributed by atoms with Crippen LogP contribution in [0, 0.1) is 5.41 Å². The van der Waals surface area contributed by atoms with Crippen molar-refractivity contribution in [2.24, 2.45) is 10.4 Å². The van der Waals surface area contributed by atoms with Crippen LogP contribution < -0.4 is 15.4 Å². The molecule has 2 unspecified atom stereocenters. The third-order valence-corrected chi connectivity index (χ3v) is 6.48. The van der Waals surface area contributed by atoms with Crippen molar-refractivity contribution in [2.45, 2.75) is 51.2 Å². The van der Waals surface area contributed by atoms with Crippen molar-refractivity contribution in [2.75, 3.05) is 40.9 Å². The number of likely N-dealkylation sites (N-methyl/N-ethyl adjacent to an activating group) is 1. The lowest BCUT2D eigenvalue weighted by Crippen LogP contribution is -2.68. The minimum atomic E-state index is -0.00888. The number of guanidine groups is 1. The Kier molecular flexibility index (Phi) is 9.87. The Morgan fingerprint density at radius 1 is 1.26 bits per heavy atom. The molecule has 2 saturated carbocycles. The highest BCUT2D eigenvalue weighted by Gasteiger charge is 2.59. The molecule has 1 spiro atoms. The highest BCUT2D eigenvalue weighted by Crippen LogP contribution is 2.57. The van der Waals surface area contributed by atoms with Gasteiger partial charge in [0.1, 0.15) is 12.3 Å². The number of rotatable bonds is 9. The van der Waals surface area contributed by atoms with Crippen LogP contribution in [0.4, 0.5) is 0 Å². The van der Waals surface area contributed by atoms with E-state index in [0.717, 1.165) is 31.7 Å². The Morgan fingerprint density at radius 3 is 2.52 bits per heavy atom. The van der Waals surface area contributed by atoms with E-state index < -0.39 is 0 Å². The lowest BCUT2D eigenvalue weighted by atomic mass is 9.51.